The van der Waals surface area contributed by atoms with E-state index in [1.807, 2.05) is 0 Å². The lowest BCUT2D eigenvalue weighted by Gasteiger charge is -2.03. The second kappa shape index (κ2) is 4.24. The van der Waals surface area contributed by atoms with Gasteiger partial charge in [-0.15, -0.1) is 0 Å². The third-order valence-corrected chi connectivity index (χ3v) is 2.69. The van der Waals surface area contributed by atoms with Gasteiger partial charge in [0, 0.05) is 12.1 Å². The third kappa shape index (κ3) is 2.08. The van der Waals surface area contributed by atoms with Crippen molar-refractivity contribution in [1.82, 2.24) is 4.98 Å². The van der Waals surface area contributed by atoms with Crippen LogP contribution in [0.4, 0.5) is 0 Å². The number of H-pyrrole nitrogens is 1. The van der Waals surface area contributed by atoms with E-state index < -0.39 is 5.97 Å². The zero-order valence-corrected chi connectivity index (χ0v) is 10.2. The van der Waals surface area contributed by atoms with Crippen molar-refractivity contribution in [2.75, 3.05) is 6.61 Å². The summed E-state index contributed by atoms with van der Waals surface area (Å²) in [6.45, 7) is 5.22. The lowest BCUT2D eigenvalue weighted by atomic mass is 10.4. The van der Waals surface area contributed by atoms with E-state index in [0.717, 1.165) is 5.52 Å². The summed E-state index contributed by atoms with van der Waals surface area (Å²) in [7, 11) is 0. The Morgan fingerprint density at radius 2 is 2.32 bits per heavy atom. The molecule has 3 heterocycles. The molecule has 6 nitrogen and oxygen atoms in total. The number of esters is 1. The van der Waals surface area contributed by atoms with E-state index in [-0.39, 0.29) is 12.6 Å². The summed E-state index contributed by atoms with van der Waals surface area (Å²) < 4.78 is 20.5. The summed E-state index contributed by atoms with van der Waals surface area (Å²) in [5.41, 5.74) is 1.68. The summed E-state index contributed by atoms with van der Waals surface area (Å²) in [6.07, 6.45) is 1.54. The van der Waals surface area contributed by atoms with E-state index in [1.54, 1.807) is 25.3 Å². The van der Waals surface area contributed by atoms with Crippen molar-refractivity contribution < 1.29 is 23.4 Å². The molecule has 0 saturated heterocycles. The number of hydrogen-bond donors (Lipinski definition) is 1. The summed E-state index contributed by atoms with van der Waals surface area (Å²) in [5.74, 6) is 0.667. The van der Waals surface area contributed by atoms with Gasteiger partial charge in [-0.25, -0.2) is 4.79 Å². The molecule has 6 heteroatoms. The van der Waals surface area contributed by atoms with Crippen molar-refractivity contribution in [1.29, 1.82) is 0 Å². The molecule has 3 rings (SSSR count). The lowest BCUT2D eigenvalue weighted by Crippen LogP contribution is -2.09. The molecule has 0 spiro atoms. The number of aromatic amines is 1. The molecule has 0 unspecified atom stereocenters. The molecule has 0 saturated carbocycles. The molecule has 1 aliphatic heterocycles. The molecule has 0 aromatic carbocycles. The van der Waals surface area contributed by atoms with E-state index >= 15 is 0 Å². The number of aromatic nitrogens is 1. The van der Waals surface area contributed by atoms with Gasteiger partial charge >= 0.3 is 5.97 Å². The van der Waals surface area contributed by atoms with E-state index in [4.69, 9.17) is 18.6 Å². The van der Waals surface area contributed by atoms with Gasteiger partial charge in [-0.1, -0.05) is 0 Å². The van der Waals surface area contributed by atoms with Crippen molar-refractivity contribution in [3.05, 3.63) is 48.1 Å². The Morgan fingerprint density at radius 3 is 3.00 bits per heavy atom. The predicted octanol–water partition coefficient (Wildman–Crippen LogP) is 2.67. The molecule has 0 atom stereocenters. The van der Waals surface area contributed by atoms with Gasteiger partial charge in [0.05, 0.1) is 11.8 Å². The van der Waals surface area contributed by atoms with Gasteiger partial charge in [0.15, 0.2) is 17.9 Å². The first-order valence-electron chi connectivity index (χ1n) is 5.61. The molecule has 98 valence electrons. The lowest BCUT2D eigenvalue weighted by molar-refractivity contribution is 0.0481. The molecular weight excluding hydrogens is 250 g/mol. The number of furan rings is 1. The zero-order valence-electron chi connectivity index (χ0n) is 10.2. The number of nitrogens with one attached hydrogen (secondary N) is 1. The van der Waals surface area contributed by atoms with Crippen molar-refractivity contribution in [2.45, 2.75) is 6.92 Å². The van der Waals surface area contributed by atoms with Gasteiger partial charge in [0.2, 0.25) is 0 Å². The van der Waals surface area contributed by atoms with Crippen LogP contribution < -0.4 is 0 Å². The Morgan fingerprint density at radius 1 is 1.47 bits per heavy atom. The topological polar surface area (TPSA) is 73.7 Å². The first-order valence-corrected chi connectivity index (χ1v) is 5.61. The van der Waals surface area contributed by atoms with Gasteiger partial charge in [-0.05, 0) is 13.5 Å². The minimum absolute atomic E-state index is 0.00985. The first kappa shape index (κ1) is 11.5. The Kier molecular flexibility index (Phi) is 2.56. The van der Waals surface area contributed by atoms with Crippen LogP contribution >= 0.6 is 0 Å². The number of carbonyl (C=O) groups excluding carboxylic acids is 1. The van der Waals surface area contributed by atoms with Crippen LogP contribution in [0.5, 0.6) is 0 Å². The SMILES string of the molecule is C=C1OC(C)=C(COC(=O)c2cc3occc3[nH]2)O1. The van der Waals surface area contributed by atoms with Crippen LogP contribution in [-0.4, -0.2) is 17.6 Å². The molecule has 0 fully saturated rings. The molecule has 1 aliphatic rings. The normalized spacial score (nSPS) is 14.7. The van der Waals surface area contributed by atoms with Crippen molar-refractivity contribution in [3.63, 3.8) is 0 Å². The molecule has 2 aromatic rings. The molecule has 1 N–H and O–H groups in total. The first-order chi connectivity index (χ1) is 9.13. The Hall–Kier alpha value is -2.63. The summed E-state index contributed by atoms with van der Waals surface area (Å²) >= 11 is 0. The summed E-state index contributed by atoms with van der Waals surface area (Å²) in [6, 6.07) is 3.32. The average Bonchev–Trinajstić information content (AvgIpc) is 3.00. The Bertz CT molecular complexity index is 662. The molecular formula is C13H11NO5. The quantitative estimate of drug-likeness (QED) is 0.860. The van der Waals surface area contributed by atoms with E-state index in [9.17, 15) is 4.79 Å². The van der Waals surface area contributed by atoms with Crippen molar-refractivity contribution >= 4 is 17.1 Å². The molecule has 0 aliphatic carbocycles. The van der Waals surface area contributed by atoms with Gasteiger partial charge in [-0.3, -0.25) is 0 Å². The molecule has 0 bridgehead atoms. The van der Waals surface area contributed by atoms with E-state index in [0.29, 0.717) is 22.8 Å². The fraction of sp³-hybridized carbons (Fsp3) is 0.154. The van der Waals surface area contributed by atoms with Crippen LogP contribution in [0, 0.1) is 0 Å². The van der Waals surface area contributed by atoms with E-state index in [1.165, 1.54) is 0 Å². The van der Waals surface area contributed by atoms with Crippen LogP contribution in [-0.2, 0) is 14.2 Å². The van der Waals surface area contributed by atoms with Crippen LogP contribution in [0.15, 0.2) is 46.9 Å². The monoisotopic (exact) mass is 261 g/mol. The smallest absolute Gasteiger partial charge is 0.355 e. The molecule has 0 radical (unpaired) electrons. The van der Waals surface area contributed by atoms with Gasteiger partial charge in [0.1, 0.15) is 11.5 Å². The van der Waals surface area contributed by atoms with Gasteiger partial charge in [-0.2, -0.15) is 0 Å². The average molecular weight is 261 g/mol. The van der Waals surface area contributed by atoms with Gasteiger partial charge < -0.3 is 23.6 Å². The second-order valence-corrected chi connectivity index (χ2v) is 4.01. The highest BCUT2D eigenvalue weighted by atomic mass is 16.7. The predicted molar refractivity (Wildman–Crippen MR) is 64.9 cm³/mol. The van der Waals surface area contributed by atoms with Crippen molar-refractivity contribution in [3.8, 4) is 0 Å². The highest BCUT2D eigenvalue weighted by Gasteiger charge is 2.20. The fourth-order valence-corrected chi connectivity index (χ4v) is 1.76. The van der Waals surface area contributed by atoms with Crippen molar-refractivity contribution in [2.24, 2.45) is 0 Å². The van der Waals surface area contributed by atoms with Gasteiger partial charge in [0.25, 0.3) is 5.95 Å². The number of fused-ring (bicyclic) bond motifs is 1. The minimum atomic E-state index is -0.493. The number of allylic oxidation sites excluding steroid dienone is 1. The summed E-state index contributed by atoms with van der Waals surface area (Å²) in [5, 5.41) is 0. The zero-order chi connectivity index (χ0) is 13.4. The molecule has 2 aromatic heterocycles. The number of carbonyl (C=O) groups is 1. The minimum Gasteiger partial charge on any atom is -0.463 e. The molecule has 19 heavy (non-hydrogen) atoms. The maximum Gasteiger partial charge on any atom is 0.355 e. The highest BCUT2D eigenvalue weighted by Crippen LogP contribution is 2.23. The second-order valence-electron chi connectivity index (χ2n) is 4.01. The highest BCUT2D eigenvalue weighted by molar-refractivity contribution is 5.93. The van der Waals surface area contributed by atoms with Crippen LogP contribution in [0.1, 0.15) is 17.4 Å². The molecule has 0 amide bonds. The maximum atomic E-state index is 11.8. The Labute approximate surface area is 108 Å². The fourth-order valence-electron chi connectivity index (χ4n) is 1.76. The van der Waals surface area contributed by atoms with E-state index in [2.05, 4.69) is 11.6 Å². The standard InChI is InChI=1S/C13H11NO5/c1-7-12(19-8(2)18-7)6-17-13(15)10-5-11-9(14-10)3-4-16-11/h3-5,14H,2,6H2,1H3. The number of ether oxygens (including phenoxy) is 3. The largest absolute Gasteiger partial charge is 0.463 e. The summed E-state index contributed by atoms with van der Waals surface area (Å²) in [4.78, 5) is 14.7. The number of hydrogen-bond acceptors (Lipinski definition) is 5. The van der Waals surface area contributed by atoms with Crippen LogP contribution in [0.25, 0.3) is 11.1 Å². The maximum absolute atomic E-state index is 11.8. The number of rotatable bonds is 3. The van der Waals surface area contributed by atoms with Crippen LogP contribution in [0.3, 0.4) is 0 Å². The third-order valence-electron chi connectivity index (χ3n) is 2.69. The van der Waals surface area contributed by atoms with Crippen LogP contribution in [0.2, 0.25) is 0 Å². The Balaban J connectivity index is 1.67.